The van der Waals surface area contributed by atoms with Gasteiger partial charge in [-0.2, -0.15) is 5.26 Å². The Morgan fingerprint density at radius 1 is 0.895 bits per heavy atom. The van der Waals surface area contributed by atoms with E-state index in [1.807, 2.05) is 13.0 Å². The van der Waals surface area contributed by atoms with Crippen LogP contribution < -0.4 is 19.9 Å². The van der Waals surface area contributed by atoms with Gasteiger partial charge in [-0.3, -0.25) is 14.4 Å². The molecule has 9 rings (SSSR count). The van der Waals surface area contributed by atoms with Crippen LogP contribution in [-0.4, -0.2) is 74.9 Å². The van der Waals surface area contributed by atoms with E-state index < -0.39 is 0 Å². The van der Waals surface area contributed by atoms with Crippen LogP contribution in [0.5, 0.6) is 5.75 Å². The van der Waals surface area contributed by atoms with Crippen molar-refractivity contribution in [1.82, 2.24) is 30.3 Å². The topological polar surface area (TPSA) is 137 Å². The Kier molecular flexibility index (Phi) is 10.2. The molecule has 1 N–H and O–H groups in total. The predicted molar refractivity (Wildman–Crippen MR) is 222 cm³/mol. The second kappa shape index (κ2) is 15.6. The van der Waals surface area contributed by atoms with Gasteiger partial charge in [0.05, 0.1) is 22.4 Å². The summed E-state index contributed by atoms with van der Waals surface area (Å²) in [5.41, 5.74) is 6.67. The summed E-state index contributed by atoms with van der Waals surface area (Å²) >= 11 is 7.95. The zero-order valence-corrected chi connectivity index (χ0v) is 34.0. The summed E-state index contributed by atoms with van der Waals surface area (Å²) in [6, 6.07) is 19.9. The number of nitriles is 1. The second-order valence-corrected chi connectivity index (χ2v) is 17.4. The van der Waals surface area contributed by atoms with E-state index in [-0.39, 0.29) is 18.1 Å². The molecule has 1 aliphatic carbocycles. The molecule has 14 heteroatoms. The molecule has 12 nitrogen and oxygen atoms in total. The van der Waals surface area contributed by atoms with Gasteiger partial charge in [0.15, 0.2) is 17.3 Å². The highest BCUT2D eigenvalue weighted by Crippen LogP contribution is 2.38. The number of anilines is 2. The van der Waals surface area contributed by atoms with Crippen molar-refractivity contribution in [3.05, 3.63) is 104 Å². The average Bonchev–Trinajstić information content (AvgIpc) is 3.66. The Bertz CT molecular complexity index is 2360. The number of rotatable bonds is 8. The molecule has 57 heavy (non-hydrogen) atoms. The third-order valence-electron chi connectivity index (χ3n) is 12.3. The molecule has 292 valence electrons. The van der Waals surface area contributed by atoms with Crippen LogP contribution in [0.2, 0.25) is 5.02 Å². The number of thiophene rings is 1. The normalized spacial score (nSPS) is 19.8. The Morgan fingerprint density at radius 2 is 1.67 bits per heavy atom. The summed E-state index contributed by atoms with van der Waals surface area (Å²) in [5.74, 6) is 4.45. The molecule has 6 heterocycles. The van der Waals surface area contributed by atoms with Gasteiger partial charge in [-0.15, -0.1) is 31.7 Å². The molecule has 3 aromatic heterocycles. The largest absolute Gasteiger partial charge is 0.490 e. The number of halogens is 1. The SMILES string of the molecule is Cc1sc2c(c1C)C(c1ccc(N3CC(C4CCN(c5ccc(C(=O)NC6CCC(Oc7ccc(C#N)c(Cl)c7)CC6)nn5)CC4)C3)cc1)=NCc1nnc(C)n1-2. The first-order valence-corrected chi connectivity index (χ1v) is 21.1. The van der Waals surface area contributed by atoms with Gasteiger partial charge in [-0.25, -0.2) is 0 Å². The Morgan fingerprint density at radius 3 is 2.37 bits per heavy atom. The minimum Gasteiger partial charge on any atom is -0.490 e. The molecule has 1 amide bonds. The molecule has 2 aromatic carbocycles. The highest BCUT2D eigenvalue weighted by atomic mass is 35.5. The Hall–Kier alpha value is -5.32. The summed E-state index contributed by atoms with van der Waals surface area (Å²) in [6.45, 7) is 10.9. The van der Waals surface area contributed by atoms with Crippen LogP contribution in [0.4, 0.5) is 11.5 Å². The summed E-state index contributed by atoms with van der Waals surface area (Å²) in [4.78, 5) is 24.2. The molecule has 0 bridgehead atoms. The van der Waals surface area contributed by atoms with Crippen molar-refractivity contribution in [2.75, 3.05) is 36.0 Å². The average molecular weight is 801 g/mol. The number of ether oxygens (including phenoxy) is 1. The van der Waals surface area contributed by atoms with Crippen molar-refractivity contribution >= 4 is 46.1 Å². The fourth-order valence-electron chi connectivity index (χ4n) is 8.79. The van der Waals surface area contributed by atoms with E-state index in [9.17, 15) is 4.79 Å². The number of aromatic nitrogens is 5. The molecule has 3 aliphatic heterocycles. The van der Waals surface area contributed by atoms with Crippen molar-refractivity contribution in [2.24, 2.45) is 16.8 Å². The number of piperidine rings is 1. The minimum absolute atomic E-state index is 0.0415. The number of benzene rings is 2. The smallest absolute Gasteiger partial charge is 0.272 e. The molecule has 4 aliphatic rings. The van der Waals surface area contributed by atoms with Crippen LogP contribution in [-0.2, 0) is 6.54 Å². The second-order valence-electron chi connectivity index (χ2n) is 15.8. The van der Waals surface area contributed by atoms with E-state index in [4.69, 9.17) is 26.6 Å². The molecule has 2 saturated heterocycles. The fourth-order valence-corrected chi connectivity index (χ4v) is 10.2. The molecule has 0 radical (unpaired) electrons. The quantitative estimate of drug-likeness (QED) is 0.170. The number of aliphatic imine (C=N–C) groups is 1. The van der Waals surface area contributed by atoms with Gasteiger partial charge >= 0.3 is 0 Å². The third-order valence-corrected chi connectivity index (χ3v) is 13.8. The van der Waals surface area contributed by atoms with Crippen molar-refractivity contribution in [3.8, 4) is 16.8 Å². The minimum atomic E-state index is -0.193. The molecule has 0 atom stereocenters. The molecular formula is C43H45ClN10O2S. The first kappa shape index (κ1) is 37.3. The lowest BCUT2D eigenvalue weighted by molar-refractivity contribution is 0.0888. The number of carbonyl (C=O) groups excluding carboxylic acids is 1. The van der Waals surface area contributed by atoms with E-state index >= 15 is 0 Å². The summed E-state index contributed by atoms with van der Waals surface area (Å²) in [5, 5.41) is 31.3. The molecule has 1 saturated carbocycles. The maximum Gasteiger partial charge on any atom is 0.272 e. The van der Waals surface area contributed by atoms with Crippen molar-refractivity contribution in [3.63, 3.8) is 0 Å². The summed E-state index contributed by atoms with van der Waals surface area (Å²) < 4.78 is 8.27. The molecule has 0 unspecified atom stereocenters. The zero-order valence-electron chi connectivity index (χ0n) is 32.4. The van der Waals surface area contributed by atoms with E-state index in [0.717, 1.165) is 98.4 Å². The summed E-state index contributed by atoms with van der Waals surface area (Å²) in [6.07, 6.45) is 5.54. The van der Waals surface area contributed by atoms with Gasteiger partial charge < -0.3 is 19.9 Å². The van der Waals surface area contributed by atoms with E-state index in [1.165, 1.54) is 21.7 Å². The number of carbonyl (C=O) groups is 1. The number of nitrogens with zero attached hydrogens (tertiary/aromatic N) is 9. The number of aryl methyl sites for hydroxylation is 2. The van der Waals surface area contributed by atoms with Gasteiger partial charge in [0, 0.05) is 60.0 Å². The van der Waals surface area contributed by atoms with Gasteiger partial charge in [-0.1, -0.05) is 23.7 Å². The van der Waals surface area contributed by atoms with Crippen LogP contribution >= 0.6 is 22.9 Å². The van der Waals surface area contributed by atoms with Crippen molar-refractivity contribution in [1.29, 1.82) is 5.26 Å². The summed E-state index contributed by atoms with van der Waals surface area (Å²) in [7, 11) is 0. The maximum absolute atomic E-state index is 13.0. The monoisotopic (exact) mass is 800 g/mol. The van der Waals surface area contributed by atoms with Gasteiger partial charge in [0.1, 0.15) is 29.2 Å². The lowest BCUT2D eigenvalue weighted by Crippen LogP contribution is -2.52. The Balaban J connectivity index is 0.730. The first-order chi connectivity index (χ1) is 27.7. The molecule has 0 spiro atoms. The van der Waals surface area contributed by atoms with E-state index in [1.54, 1.807) is 35.6 Å². The van der Waals surface area contributed by atoms with Crippen LogP contribution in [0.15, 0.2) is 59.6 Å². The van der Waals surface area contributed by atoms with Crippen molar-refractivity contribution < 1.29 is 9.53 Å². The van der Waals surface area contributed by atoms with Crippen LogP contribution in [0.1, 0.15) is 87.8 Å². The number of hydrogen-bond acceptors (Lipinski definition) is 11. The molecule has 3 fully saturated rings. The van der Waals surface area contributed by atoms with E-state index in [2.05, 4.69) is 84.3 Å². The molecule has 5 aromatic rings. The Labute approximate surface area is 341 Å². The van der Waals surface area contributed by atoms with Gasteiger partial charge in [-0.05, 0) is 113 Å². The standard InChI is InChI=1S/C43H45ClN10O2S/c1-25-26(2)57-43-40(25)41(46-22-39-51-48-27(3)54(39)43)29-4-9-33(10-5-29)53-23-31(24-53)28-16-18-52(19-17-28)38-15-14-37(49-50-38)42(55)47-32-7-12-34(13-8-32)56-35-11-6-30(21-45)36(44)20-35/h4-6,9-11,14-15,20,28,31-32,34H,7-8,12-13,16-19,22-24H2,1-3H3,(H,47,55). The van der Waals surface area contributed by atoms with Gasteiger partial charge in [0.25, 0.3) is 5.91 Å². The van der Waals surface area contributed by atoms with Crippen LogP contribution in [0.25, 0.3) is 5.00 Å². The maximum atomic E-state index is 13.0. The van der Waals surface area contributed by atoms with Crippen molar-refractivity contribution in [2.45, 2.75) is 78.0 Å². The van der Waals surface area contributed by atoms with Crippen LogP contribution in [0, 0.1) is 43.9 Å². The lowest BCUT2D eigenvalue weighted by Gasteiger charge is -2.47. The number of amides is 1. The number of nitrogens with one attached hydrogen (secondary N) is 1. The lowest BCUT2D eigenvalue weighted by atomic mass is 9.79. The van der Waals surface area contributed by atoms with E-state index in [0.29, 0.717) is 40.4 Å². The molecular weight excluding hydrogens is 756 g/mol. The predicted octanol–water partition coefficient (Wildman–Crippen LogP) is 7.39. The fraction of sp³-hybridized carbons (Fsp3) is 0.419. The number of hydrogen-bond donors (Lipinski definition) is 1. The first-order valence-electron chi connectivity index (χ1n) is 19.9. The van der Waals surface area contributed by atoms with Gasteiger partial charge in [0.2, 0.25) is 0 Å². The number of fused-ring (bicyclic) bond motifs is 3. The highest BCUT2D eigenvalue weighted by Gasteiger charge is 2.36. The van der Waals surface area contributed by atoms with Crippen LogP contribution in [0.3, 0.4) is 0 Å². The highest BCUT2D eigenvalue weighted by molar-refractivity contribution is 7.15. The zero-order chi connectivity index (χ0) is 39.2. The third kappa shape index (κ3) is 7.37.